The molecule has 1 aliphatic heterocycles. The van der Waals surface area contributed by atoms with Crippen molar-refractivity contribution in [3.63, 3.8) is 0 Å². The van der Waals surface area contributed by atoms with Gasteiger partial charge in [0, 0.05) is 18.7 Å². The molecular weight excluding hydrogens is 480 g/mol. The van der Waals surface area contributed by atoms with Gasteiger partial charge in [-0.3, -0.25) is 19.4 Å². The number of hydrogen-bond acceptors (Lipinski definition) is 7. The Morgan fingerprint density at radius 3 is 2.32 bits per heavy atom. The third-order valence-electron chi connectivity index (χ3n) is 5.70. The molecule has 0 aromatic heterocycles. The maximum Gasteiger partial charge on any atom is 0.320 e. The van der Waals surface area contributed by atoms with Gasteiger partial charge in [-0.05, 0) is 42.2 Å². The normalized spacial score (nSPS) is 13.5. The number of carboxylic acid groups (broad SMARTS) is 1. The van der Waals surface area contributed by atoms with Crippen LogP contribution in [0.25, 0.3) is 0 Å². The average molecular weight is 515 g/mol. The van der Waals surface area contributed by atoms with E-state index in [1.807, 2.05) is 24.3 Å². The maximum absolute atomic E-state index is 12.8. The van der Waals surface area contributed by atoms with Crippen molar-refractivity contribution in [2.75, 3.05) is 20.8 Å². The molecule has 12 heteroatoms. The SMILES string of the molecule is COc1ccc(C(CC(N)=O)N2Cc3ccccc3C2=O)cc1OC.NC(N)=NCCCC(N)C(=O)O. The molecule has 0 aliphatic carbocycles. The van der Waals surface area contributed by atoms with Gasteiger partial charge in [0.15, 0.2) is 17.5 Å². The van der Waals surface area contributed by atoms with Crippen LogP contribution in [0.4, 0.5) is 0 Å². The molecule has 0 bridgehead atoms. The number of carboxylic acids is 1. The van der Waals surface area contributed by atoms with E-state index in [4.69, 9.17) is 37.5 Å². The lowest BCUT2D eigenvalue weighted by Crippen LogP contribution is -2.32. The largest absolute Gasteiger partial charge is 0.493 e. The second-order valence-electron chi connectivity index (χ2n) is 8.28. The Labute approximate surface area is 215 Å². The van der Waals surface area contributed by atoms with Crippen molar-refractivity contribution in [2.45, 2.75) is 37.9 Å². The van der Waals surface area contributed by atoms with Crippen molar-refractivity contribution in [3.8, 4) is 11.5 Å². The summed E-state index contributed by atoms with van der Waals surface area (Å²) < 4.78 is 10.6. The van der Waals surface area contributed by atoms with Crippen LogP contribution in [0.1, 0.15) is 46.8 Å². The van der Waals surface area contributed by atoms with Crippen LogP contribution in [-0.2, 0) is 16.1 Å². The lowest BCUT2D eigenvalue weighted by Gasteiger charge is -2.28. The van der Waals surface area contributed by atoms with Crippen molar-refractivity contribution < 1.29 is 29.0 Å². The quantitative estimate of drug-likeness (QED) is 0.162. The first-order valence-corrected chi connectivity index (χ1v) is 11.5. The van der Waals surface area contributed by atoms with Crippen LogP contribution in [0, 0.1) is 0 Å². The smallest absolute Gasteiger partial charge is 0.320 e. The molecule has 37 heavy (non-hydrogen) atoms. The Bertz CT molecular complexity index is 1130. The van der Waals surface area contributed by atoms with E-state index >= 15 is 0 Å². The number of amides is 2. The van der Waals surface area contributed by atoms with Gasteiger partial charge in [0.25, 0.3) is 5.91 Å². The third kappa shape index (κ3) is 8.10. The molecule has 2 amide bonds. The molecule has 200 valence electrons. The molecule has 2 aromatic carbocycles. The van der Waals surface area contributed by atoms with Crippen molar-refractivity contribution >= 4 is 23.7 Å². The van der Waals surface area contributed by atoms with Gasteiger partial charge in [-0.1, -0.05) is 24.3 Å². The third-order valence-corrected chi connectivity index (χ3v) is 5.70. The summed E-state index contributed by atoms with van der Waals surface area (Å²) in [6, 6.07) is 11.5. The number of fused-ring (bicyclic) bond motifs is 1. The number of rotatable bonds is 11. The summed E-state index contributed by atoms with van der Waals surface area (Å²) >= 11 is 0. The highest BCUT2D eigenvalue weighted by molar-refractivity contribution is 5.98. The summed E-state index contributed by atoms with van der Waals surface area (Å²) in [5.74, 6) is -0.433. The lowest BCUT2D eigenvalue weighted by molar-refractivity contribution is -0.138. The minimum Gasteiger partial charge on any atom is -0.493 e. The lowest BCUT2D eigenvalue weighted by atomic mass is 10.0. The number of methoxy groups -OCH3 is 2. The van der Waals surface area contributed by atoms with Gasteiger partial charge < -0.3 is 42.4 Å². The van der Waals surface area contributed by atoms with Crippen molar-refractivity contribution in [1.82, 2.24) is 4.90 Å². The highest BCUT2D eigenvalue weighted by Gasteiger charge is 2.34. The number of nitrogens with zero attached hydrogens (tertiary/aromatic N) is 2. The fourth-order valence-corrected chi connectivity index (χ4v) is 3.83. The van der Waals surface area contributed by atoms with Gasteiger partial charge in [0.1, 0.15) is 6.04 Å². The first kappa shape index (κ1) is 28.9. The van der Waals surface area contributed by atoms with Crippen LogP contribution in [-0.4, -0.2) is 60.6 Å². The zero-order valence-corrected chi connectivity index (χ0v) is 20.9. The highest BCUT2D eigenvalue weighted by Crippen LogP contribution is 2.37. The molecule has 1 aliphatic rings. The fraction of sp³-hybridized carbons (Fsp3) is 0.360. The first-order chi connectivity index (χ1) is 17.6. The molecule has 0 fully saturated rings. The molecule has 0 spiro atoms. The molecule has 9 N–H and O–H groups in total. The molecule has 0 radical (unpaired) electrons. The molecular formula is C25H34N6O6. The van der Waals surface area contributed by atoms with Crippen LogP contribution in [0.3, 0.4) is 0 Å². The zero-order valence-electron chi connectivity index (χ0n) is 20.9. The second kappa shape index (κ2) is 13.7. The fourth-order valence-electron chi connectivity index (χ4n) is 3.83. The standard InChI is InChI=1S/C19H20N2O4.C6H14N4O2/c1-24-16-8-7-12(9-17(16)25-2)15(10-18(20)22)21-11-13-5-3-4-6-14(13)19(21)23;7-4(5(11)12)2-1-3-10-6(8)9/h3-9,15H,10-11H2,1-2H3,(H2,20,22);4H,1-3,7H2,(H,11,12)(H4,8,9,10). The molecule has 2 aromatic rings. The minimum atomic E-state index is -1.00. The zero-order chi connectivity index (χ0) is 27.5. The van der Waals surface area contributed by atoms with Crippen molar-refractivity contribution in [2.24, 2.45) is 27.9 Å². The van der Waals surface area contributed by atoms with E-state index in [2.05, 4.69) is 4.99 Å². The van der Waals surface area contributed by atoms with Crippen molar-refractivity contribution in [3.05, 3.63) is 59.2 Å². The molecule has 2 unspecified atom stereocenters. The summed E-state index contributed by atoms with van der Waals surface area (Å²) in [5.41, 5.74) is 23.2. The highest BCUT2D eigenvalue weighted by atomic mass is 16.5. The van der Waals surface area contributed by atoms with Gasteiger partial charge in [-0.25, -0.2) is 0 Å². The minimum absolute atomic E-state index is 0.0129. The average Bonchev–Trinajstić information content (AvgIpc) is 3.20. The van der Waals surface area contributed by atoms with E-state index in [1.165, 1.54) is 0 Å². The topological polar surface area (TPSA) is 210 Å². The Morgan fingerprint density at radius 2 is 1.76 bits per heavy atom. The van der Waals surface area contributed by atoms with Crippen LogP contribution in [0.5, 0.6) is 11.5 Å². The number of carbonyl (C=O) groups excluding carboxylic acids is 2. The summed E-state index contributed by atoms with van der Waals surface area (Å²) in [5, 5.41) is 8.38. The van der Waals surface area contributed by atoms with E-state index in [1.54, 1.807) is 37.3 Å². The first-order valence-electron chi connectivity index (χ1n) is 11.5. The molecule has 1 heterocycles. The number of aliphatic imine (C=N–C) groups is 1. The molecule has 3 rings (SSSR count). The Kier molecular flexibility index (Phi) is 10.7. The predicted octanol–water partition coefficient (Wildman–Crippen LogP) is 0.728. The molecule has 2 atom stereocenters. The number of benzene rings is 2. The number of primary amides is 1. The summed E-state index contributed by atoms with van der Waals surface area (Å²) in [6.45, 7) is 0.866. The monoisotopic (exact) mass is 514 g/mol. The molecule has 0 saturated carbocycles. The number of hydrogen-bond donors (Lipinski definition) is 5. The van der Waals surface area contributed by atoms with Gasteiger partial charge in [-0.15, -0.1) is 0 Å². The van der Waals surface area contributed by atoms with Crippen LogP contribution in [0.15, 0.2) is 47.5 Å². The Morgan fingerprint density at radius 1 is 1.08 bits per heavy atom. The van der Waals surface area contributed by atoms with E-state index in [9.17, 15) is 14.4 Å². The van der Waals surface area contributed by atoms with Gasteiger partial charge in [-0.2, -0.15) is 0 Å². The van der Waals surface area contributed by atoms with Crippen molar-refractivity contribution in [1.29, 1.82) is 0 Å². The Balaban J connectivity index is 0.000000341. The van der Waals surface area contributed by atoms with Gasteiger partial charge in [0.05, 0.1) is 26.7 Å². The maximum atomic E-state index is 12.8. The van der Waals surface area contributed by atoms with E-state index in [0.717, 1.165) is 11.1 Å². The van der Waals surface area contributed by atoms with E-state index < -0.39 is 24.0 Å². The second-order valence-corrected chi connectivity index (χ2v) is 8.28. The number of aliphatic carboxylic acids is 1. The number of nitrogens with two attached hydrogens (primary N) is 4. The van der Waals surface area contributed by atoms with E-state index in [-0.39, 0.29) is 18.3 Å². The molecule has 12 nitrogen and oxygen atoms in total. The summed E-state index contributed by atoms with van der Waals surface area (Å²) in [7, 11) is 3.10. The van der Waals surface area contributed by atoms with E-state index in [0.29, 0.717) is 43.0 Å². The number of carbonyl (C=O) groups is 3. The Hall–Kier alpha value is -4.32. The predicted molar refractivity (Wildman–Crippen MR) is 138 cm³/mol. The van der Waals surface area contributed by atoms with Crippen LogP contribution < -0.4 is 32.4 Å². The summed E-state index contributed by atoms with van der Waals surface area (Å²) in [6.07, 6.45) is 0.993. The van der Waals surface area contributed by atoms with Crippen LogP contribution >= 0.6 is 0 Å². The van der Waals surface area contributed by atoms with Gasteiger partial charge >= 0.3 is 5.97 Å². The summed E-state index contributed by atoms with van der Waals surface area (Å²) in [4.78, 5) is 40.0. The molecule has 0 saturated heterocycles. The number of ether oxygens (including phenoxy) is 2. The van der Waals surface area contributed by atoms with Crippen LogP contribution in [0.2, 0.25) is 0 Å². The number of guanidine groups is 1. The van der Waals surface area contributed by atoms with Gasteiger partial charge in [0.2, 0.25) is 5.91 Å².